The van der Waals surface area contributed by atoms with Crippen LogP contribution in [-0.2, 0) is 0 Å². The molecule has 0 spiro atoms. The van der Waals surface area contributed by atoms with Gasteiger partial charge in [-0.1, -0.05) is 6.07 Å². The van der Waals surface area contributed by atoms with Crippen molar-refractivity contribution in [1.82, 2.24) is 24.5 Å². The smallest absolute Gasteiger partial charge is 0.256 e. The third-order valence-electron chi connectivity index (χ3n) is 5.46. The summed E-state index contributed by atoms with van der Waals surface area (Å²) in [5.41, 5.74) is 6.43. The molecule has 1 aliphatic rings. The van der Waals surface area contributed by atoms with Crippen LogP contribution in [0.3, 0.4) is 0 Å². The number of benzene rings is 1. The summed E-state index contributed by atoms with van der Waals surface area (Å²) in [6, 6.07) is 9.52. The molecule has 5 rings (SSSR count). The second kappa shape index (κ2) is 8.42. The number of piperazine rings is 1. The van der Waals surface area contributed by atoms with E-state index in [1.807, 2.05) is 4.90 Å². The molecule has 1 aliphatic heterocycles. The van der Waals surface area contributed by atoms with Crippen LogP contribution in [0.25, 0.3) is 17.4 Å². The fraction of sp³-hybridized carbons (Fsp3) is 0.286. The van der Waals surface area contributed by atoms with Crippen LogP contribution >= 0.6 is 0 Å². The Bertz CT molecular complexity index is 1220. The lowest BCUT2D eigenvalue weighted by molar-refractivity contribution is 0.266. The highest BCUT2D eigenvalue weighted by Gasteiger charge is 2.20. The van der Waals surface area contributed by atoms with E-state index in [2.05, 4.69) is 25.3 Å². The van der Waals surface area contributed by atoms with Gasteiger partial charge in [0.25, 0.3) is 5.78 Å². The average molecular weight is 440 g/mol. The molecule has 1 aromatic carbocycles. The quantitative estimate of drug-likeness (QED) is 0.472. The number of hydrogen-bond donors (Lipinski definition) is 2. The molecule has 9 nitrogen and oxygen atoms in total. The van der Waals surface area contributed by atoms with Crippen LogP contribution in [0.4, 0.5) is 26.1 Å². The van der Waals surface area contributed by atoms with E-state index >= 15 is 0 Å². The first-order chi connectivity index (χ1) is 15.6. The number of rotatable bonds is 6. The van der Waals surface area contributed by atoms with Crippen molar-refractivity contribution >= 4 is 23.1 Å². The lowest BCUT2D eigenvalue weighted by Crippen LogP contribution is -2.48. The highest BCUT2D eigenvalue weighted by Crippen LogP contribution is 2.23. The standard InChI is InChI=1S/C21H22F2N8O/c22-14-3-1-4-15(19(14)23)30-10-8-29(9-11-30)7-6-25-18-13-17(24)31-21(26-18)27-20(28-31)16-5-2-12-32-16/h1-5,12-13H,6-11,24H2,(H,25,26,27,28). The Morgan fingerprint density at radius 2 is 1.91 bits per heavy atom. The second-order valence-electron chi connectivity index (χ2n) is 7.52. The molecule has 0 saturated carbocycles. The molecule has 1 saturated heterocycles. The highest BCUT2D eigenvalue weighted by molar-refractivity contribution is 5.56. The minimum Gasteiger partial charge on any atom is -0.461 e. The zero-order chi connectivity index (χ0) is 22.1. The van der Waals surface area contributed by atoms with Gasteiger partial charge in [-0.15, -0.1) is 5.10 Å². The number of nitrogens with two attached hydrogens (primary N) is 1. The Kier molecular flexibility index (Phi) is 5.31. The van der Waals surface area contributed by atoms with Gasteiger partial charge in [-0.3, -0.25) is 4.90 Å². The van der Waals surface area contributed by atoms with Crippen LogP contribution in [0.15, 0.2) is 47.1 Å². The Labute approximate surface area is 182 Å². The number of nitrogens with zero attached hydrogens (tertiary/aromatic N) is 6. The number of hydrogen-bond acceptors (Lipinski definition) is 8. The first-order valence-corrected chi connectivity index (χ1v) is 10.3. The van der Waals surface area contributed by atoms with Gasteiger partial charge in [-0.05, 0) is 24.3 Å². The second-order valence-corrected chi connectivity index (χ2v) is 7.52. The van der Waals surface area contributed by atoms with E-state index in [-0.39, 0.29) is 0 Å². The summed E-state index contributed by atoms with van der Waals surface area (Å²) in [7, 11) is 0. The average Bonchev–Trinajstić information content (AvgIpc) is 3.46. The topological polar surface area (TPSA) is 101 Å². The van der Waals surface area contributed by atoms with E-state index in [9.17, 15) is 8.78 Å². The first kappa shape index (κ1) is 20.2. The highest BCUT2D eigenvalue weighted by atomic mass is 19.2. The first-order valence-electron chi connectivity index (χ1n) is 10.3. The molecule has 3 N–H and O–H groups in total. The minimum atomic E-state index is -0.818. The predicted molar refractivity (Wildman–Crippen MR) is 116 cm³/mol. The van der Waals surface area contributed by atoms with Crippen molar-refractivity contribution in [2.75, 3.05) is 55.2 Å². The number of anilines is 3. The SMILES string of the molecule is Nc1cc(NCCN2CCN(c3cccc(F)c3F)CC2)nc2nc(-c3ccco3)nn12. The predicted octanol–water partition coefficient (Wildman–Crippen LogP) is 2.48. The van der Waals surface area contributed by atoms with Crippen LogP contribution in [-0.4, -0.2) is 63.8 Å². The Morgan fingerprint density at radius 1 is 1.06 bits per heavy atom. The summed E-state index contributed by atoms with van der Waals surface area (Å²) in [5.74, 6) is 0.750. The molecule has 166 valence electrons. The lowest BCUT2D eigenvalue weighted by atomic mass is 10.2. The van der Waals surface area contributed by atoms with Crippen LogP contribution in [0.2, 0.25) is 0 Å². The number of nitrogens with one attached hydrogen (secondary N) is 1. The van der Waals surface area contributed by atoms with Crippen molar-refractivity contribution in [3.05, 3.63) is 54.3 Å². The van der Waals surface area contributed by atoms with Gasteiger partial charge in [0.05, 0.1) is 12.0 Å². The van der Waals surface area contributed by atoms with Gasteiger partial charge in [0.15, 0.2) is 17.4 Å². The molecule has 0 bridgehead atoms. The molecule has 4 aromatic rings. The fourth-order valence-corrected chi connectivity index (χ4v) is 3.78. The zero-order valence-corrected chi connectivity index (χ0v) is 17.2. The van der Waals surface area contributed by atoms with E-state index in [0.717, 1.165) is 25.7 Å². The van der Waals surface area contributed by atoms with Crippen LogP contribution < -0.4 is 16.0 Å². The van der Waals surface area contributed by atoms with Crippen molar-refractivity contribution in [1.29, 1.82) is 0 Å². The number of nitrogen functional groups attached to an aromatic ring is 1. The minimum absolute atomic E-state index is 0.318. The summed E-state index contributed by atoms with van der Waals surface area (Å²) >= 11 is 0. The van der Waals surface area contributed by atoms with E-state index in [4.69, 9.17) is 10.2 Å². The molecule has 1 fully saturated rings. The van der Waals surface area contributed by atoms with Crippen molar-refractivity contribution in [3.8, 4) is 11.6 Å². The maximum Gasteiger partial charge on any atom is 0.256 e. The van der Waals surface area contributed by atoms with Crippen LogP contribution in [0, 0.1) is 11.6 Å². The summed E-state index contributed by atoms with van der Waals surface area (Å²) in [4.78, 5) is 13.0. The number of aromatic nitrogens is 4. The molecule has 4 heterocycles. The molecule has 0 unspecified atom stereocenters. The summed E-state index contributed by atoms with van der Waals surface area (Å²) in [6.07, 6.45) is 1.55. The molecule has 3 aromatic heterocycles. The molecule has 0 amide bonds. The van der Waals surface area contributed by atoms with Crippen molar-refractivity contribution in [2.24, 2.45) is 0 Å². The van der Waals surface area contributed by atoms with Crippen molar-refractivity contribution in [3.63, 3.8) is 0 Å². The van der Waals surface area contributed by atoms with Gasteiger partial charge < -0.3 is 20.4 Å². The van der Waals surface area contributed by atoms with E-state index in [1.165, 1.54) is 10.6 Å². The molecule has 32 heavy (non-hydrogen) atoms. The Morgan fingerprint density at radius 3 is 2.69 bits per heavy atom. The lowest BCUT2D eigenvalue weighted by Gasteiger charge is -2.36. The van der Waals surface area contributed by atoms with Crippen LogP contribution in [0.5, 0.6) is 0 Å². The van der Waals surface area contributed by atoms with E-state index < -0.39 is 11.6 Å². The maximum atomic E-state index is 14.0. The largest absolute Gasteiger partial charge is 0.461 e. The van der Waals surface area contributed by atoms with Gasteiger partial charge in [-0.25, -0.2) is 8.78 Å². The third kappa shape index (κ3) is 3.94. The van der Waals surface area contributed by atoms with Gasteiger partial charge >= 0.3 is 0 Å². The van der Waals surface area contributed by atoms with Gasteiger partial charge in [0.2, 0.25) is 5.82 Å². The van der Waals surface area contributed by atoms with Gasteiger partial charge in [0, 0.05) is 45.3 Å². The Hall–Kier alpha value is -3.73. The van der Waals surface area contributed by atoms with Gasteiger partial charge in [0.1, 0.15) is 11.6 Å². The summed E-state index contributed by atoms with van der Waals surface area (Å²) < 4.78 is 34.3. The summed E-state index contributed by atoms with van der Waals surface area (Å²) in [6.45, 7) is 4.19. The Balaban J connectivity index is 1.17. The van der Waals surface area contributed by atoms with E-state index in [0.29, 0.717) is 54.3 Å². The van der Waals surface area contributed by atoms with E-state index in [1.54, 1.807) is 30.5 Å². The number of halogens is 2. The van der Waals surface area contributed by atoms with Crippen molar-refractivity contribution < 1.29 is 13.2 Å². The molecule has 0 radical (unpaired) electrons. The molecule has 11 heteroatoms. The number of fused-ring (bicyclic) bond motifs is 1. The van der Waals surface area contributed by atoms with Crippen molar-refractivity contribution in [2.45, 2.75) is 0 Å². The molecular weight excluding hydrogens is 418 g/mol. The summed E-state index contributed by atoms with van der Waals surface area (Å²) in [5, 5.41) is 7.59. The molecule has 0 atom stereocenters. The zero-order valence-electron chi connectivity index (χ0n) is 17.2. The molecular formula is C21H22F2N8O. The normalized spacial score (nSPS) is 14.9. The fourth-order valence-electron chi connectivity index (χ4n) is 3.78. The third-order valence-corrected chi connectivity index (χ3v) is 5.46. The van der Waals surface area contributed by atoms with Gasteiger partial charge in [-0.2, -0.15) is 14.5 Å². The molecule has 0 aliphatic carbocycles. The maximum absolute atomic E-state index is 14.0. The monoisotopic (exact) mass is 440 g/mol. The van der Waals surface area contributed by atoms with Crippen LogP contribution in [0.1, 0.15) is 0 Å². The number of furan rings is 1.